The van der Waals surface area contributed by atoms with Crippen LogP contribution in [0.2, 0.25) is 0 Å². The number of carbonyl (C=O) groups excluding carboxylic acids is 3. The lowest BCUT2D eigenvalue weighted by molar-refractivity contribution is 0.0641. The molecule has 0 fully saturated rings. The Bertz CT molecular complexity index is 1430. The van der Waals surface area contributed by atoms with Gasteiger partial charge in [0.05, 0.1) is 29.4 Å². The van der Waals surface area contributed by atoms with Crippen molar-refractivity contribution in [2.75, 3.05) is 13.3 Å². The number of aromatic nitrogens is 2. The first kappa shape index (κ1) is 22.3. The summed E-state index contributed by atoms with van der Waals surface area (Å²) in [6.07, 6.45) is 2.54. The number of carbonyl (C=O) groups is 3. The number of fused-ring (bicyclic) bond motifs is 3. The zero-order valence-corrected chi connectivity index (χ0v) is 20.4. The van der Waals surface area contributed by atoms with Gasteiger partial charge in [0, 0.05) is 36.3 Å². The van der Waals surface area contributed by atoms with Crippen molar-refractivity contribution in [3.8, 4) is 11.5 Å². The summed E-state index contributed by atoms with van der Waals surface area (Å²) in [6, 6.07) is 10.1. The number of hydrogen-bond acceptors (Lipinski definition) is 6. The van der Waals surface area contributed by atoms with Crippen LogP contribution >= 0.6 is 0 Å². The molecule has 3 amide bonds. The molecule has 0 saturated heterocycles. The Balaban J connectivity index is 1.21. The number of rotatable bonds is 3. The third-order valence-corrected chi connectivity index (χ3v) is 6.85. The van der Waals surface area contributed by atoms with Crippen molar-refractivity contribution >= 4 is 17.7 Å². The van der Waals surface area contributed by atoms with E-state index in [2.05, 4.69) is 25.9 Å². The maximum Gasteiger partial charge on any atom is 0.261 e. The van der Waals surface area contributed by atoms with E-state index in [1.807, 2.05) is 10.9 Å². The highest BCUT2D eigenvalue weighted by Crippen LogP contribution is 2.34. The summed E-state index contributed by atoms with van der Waals surface area (Å²) in [5, 5.41) is 4.54. The topological polar surface area (TPSA) is 94.0 Å². The molecule has 36 heavy (non-hydrogen) atoms. The van der Waals surface area contributed by atoms with Gasteiger partial charge < -0.3 is 14.4 Å². The number of nitrogens with zero attached hydrogens (tertiary/aromatic N) is 4. The molecule has 0 saturated carbocycles. The molecule has 3 aliphatic rings. The Morgan fingerprint density at radius 3 is 2.58 bits per heavy atom. The minimum Gasteiger partial charge on any atom is -0.454 e. The second-order valence-electron chi connectivity index (χ2n) is 10.3. The van der Waals surface area contributed by atoms with Crippen molar-refractivity contribution in [2.45, 2.75) is 45.8 Å². The van der Waals surface area contributed by atoms with Gasteiger partial charge in [0.2, 0.25) is 6.79 Å². The number of amides is 3. The van der Waals surface area contributed by atoms with Gasteiger partial charge in [-0.05, 0) is 56.7 Å². The number of imide groups is 1. The third kappa shape index (κ3) is 3.54. The van der Waals surface area contributed by atoms with Crippen LogP contribution in [-0.4, -0.2) is 50.6 Å². The van der Waals surface area contributed by atoms with Gasteiger partial charge in [0.1, 0.15) is 0 Å². The van der Waals surface area contributed by atoms with E-state index in [9.17, 15) is 14.4 Å². The molecule has 0 spiro atoms. The first-order valence-electron chi connectivity index (χ1n) is 11.9. The van der Waals surface area contributed by atoms with E-state index in [1.165, 1.54) is 4.90 Å². The Morgan fingerprint density at radius 2 is 1.78 bits per heavy atom. The molecule has 0 N–H and O–H groups in total. The van der Waals surface area contributed by atoms with E-state index in [0.717, 1.165) is 16.8 Å². The molecule has 9 heteroatoms. The fourth-order valence-electron chi connectivity index (χ4n) is 5.05. The highest BCUT2D eigenvalue weighted by molar-refractivity contribution is 6.22. The molecule has 9 nitrogen and oxygen atoms in total. The zero-order valence-electron chi connectivity index (χ0n) is 20.4. The van der Waals surface area contributed by atoms with Gasteiger partial charge in [-0.1, -0.05) is 6.07 Å². The molecule has 0 bridgehead atoms. The summed E-state index contributed by atoms with van der Waals surface area (Å²) in [4.78, 5) is 42.5. The molecule has 1 aromatic heterocycles. The summed E-state index contributed by atoms with van der Waals surface area (Å²) >= 11 is 0. The lowest BCUT2D eigenvalue weighted by Gasteiger charge is -2.30. The second kappa shape index (κ2) is 7.94. The third-order valence-electron chi connectivity index (χ3n) is 6.85. The predicted octanol–water partition coefficient (Wildman–Crippen LogP) is 3.36. The van der Waals surface area contributed by atoms with Gasteiger partial charge >= 0.3 is 0 Å². The van der Waals surface area contributed by atoms with Crippen LogP contribution in [0.5, 0.6) is 11.5 Å². The van der Waals surface area contributed by atoms with Crippen LogP contribution in [-0.2, 0) is 25.0 Å². The van der Waals surface area contributed by atoms with Gasteiger partial charge in [0.15, 0.2) is 11.5 Å². The first-order valence-corrected chi connectivity index (χ1v) is 11.9. The lowest BCUT2D eigenvalue weighted by Crippen LogP contribution is -2.37. The van der Waals surface area contributed by atoms with Crippen molar-refractivity contribution < 1.29 is 23.9 Å². The summed E-state index contributed by atoms with van der Waals surface area (Å²) in [5.41, 5.74) is 3.78. The lowest BCUT2D eigenvalue weighted by atomic mass is 10.0. The van der Waals surface area contributed by atoms with Gasteiger partial charge in [-0.3, -0.25) is 24.0 Å². The van der Waals surface area contributed by atoms with E-state index < -0.39 is 5.91 Å². The average Bonchev–Trinajstić information content (AvgIpc) is 3.56. The first-order chi connectivity index (χ1) is 17.2. The van der Waals surface area contributed by atoms with Gasteiger partial charge in [0.25, 0.3) is 17.7 Å². The van der Waals surface area contributed by atoms with Gasteiger partial charge in [-0.15, -0.1) is 0 Å². The van der Waals surface area contributed by atoms with E-state index in [-0.39, 0.29) is 36.3 Å². The van der Waals surface area contributed by atoms with Crippen molar-refractivity contribution in [1.29, 1.82) is 0 Å². The molecular weight excluding hydrogens is 460 g/mol. The SMILES string of the molecule is CC(C)(C)n1ncc2c1CCN(C(=O)c1ccc3c(c1)C(=O)N(Cc1ccc4c(c1)OCO4)C3=O)C2. The molecular formula is C27H26N4O5. The van der Waals surface area contributed by atoms with Crippen LogP contribution in [0.25, 0.3) is 0 Å². The van der Waals surface area contributed by atoms with Crippen LogP contribution in [0, 0.1) is 0 Å². The van der Waals surface area contributed by atoms with Crippen LogP contribution in [0.4, 0.5) is 0 Å². The molecule has 2 aromatic carbocycles. The zero-order chi connectivity index (χ0) is 25.2. The minimum absolute atomic E-state index is 0.110. The second-order valence-corrected chi connectivity index (χ2v) is 10.3. The standard InChI is InChI=1S/C27H26N4O5/c1-27(2,3)31-21-8-9-29(14-18(21)12-28-31)24(32)17-5-6-19-20(11-17)26(34)30(25(19)33)13-16-4-7-22-23(10-16)36-15-35-22/h4-7,10-12H,8-9,13-15H2,1-3H3. The largest absolute Gasteiger partial charge is 0.454 e. The highest BCUT2D eigenvalue weighted by Gasteiger charge is 2.37. The van der Waals surface area contributed by atoms with Crippen LogP contribution in [0.3, 0.4) is 0 Å². The number of benzene rings is 2. The van der Waals surface area contributed by atoms with E-state index >= 15 is 0 Å². The average molecular weight is 487 g/mol. The molecule has 0 radical (unpaired) electrons. The van der Waals surface area contributed by atoms with E-state index in [4.69, 9.17) is 9.47 Å². The summed E-state index contributed by atoms with van der Waals surface area (Å²) in [7, 11) is 0. The van der Waals surface area contributed by atoms with Crippen LogP contribution in [0.15, 0.2) is 42.6 Å². The summed E-state index contributed by atoms with van der Waals surface area (Å²) in [6.45, 7) is 7.61. The molecule has 3 aliphatic heterocycles. The Hall–Kier alpha value is -4.14. The maximum atomic E-state index is 13.3. The van der Waals surface area contributed by atoms with Crippen molar-refractivity contribution in [1.82, 2.24) is 19.6 Å². The predicted molar refractivity (Wildman–Crippen MR) is 129 cm³/mol. The molecule has 6 rings (SSSR count). The number of ether oxygens (including phenoxy) is 2. The van der Waals surface area contributed by atoms with Crippen molar-refractivity contribution in [3.05, 3.63) is 76.1 Å². The van der Waals surface area contributed by atoms with Crippen LogP contribution in [0.1, 0.15) is 68.7 Å². The summed E-state index contributed by atoms with van der Waals surface area (Å²) in [5.74, 6) is 0.287. The van der Waals surface area contributed by atoms with E-state index in [0.29, 0.717) is 42.1 Å². The Labute approximate surface area is 208 Å². The van der Waals surface area contributed by atoms with E-state index in [1.54, 1.807) is 41.3 Å². The quantitative estimate of drug-likeness (QED) is 0.527. The molecule has 184 valence electrons. The Kier molecular flexibility index (Phi) is 4.93. The van der Waals surface area contributed by atoms with Gasteiger partial charge in [-0.2, -0.15) is 5.10 Å². The Morgan fingerprint density at radius 1 is 1.00 bits per heavy atom. The highest BCUT2D eigenvalue weighted by atomic mass is 16.7. The molecule has 0 unspecified atom stereocenters. The normalized spacial score (nSPS) is 16.4. The fourth-order valence-corrected chi connectivity index (χ4v) is 5.05. The molecule has 4 heterocycles. The monoisotopic (exact) mass is 486 g/mol. The van der Waals surface area contributed by atoms with Crippen molar-refractivity contribution in [3.63, 3.8) is 0 Å². The molecule has 0 atom stereocenters. The van der Waals surface area contributed by atoms with Gasteiger partial charge in [-0.25, -0.2) is 0 Å². The fraction of sp³-hybridized carbons (Fsp3) is 0.333. The maximum absolute atomic E-state index is 13.3. The molecule has 3 aromatic rings. The summed E-state index contributed by atoms with van der Waals surface area (Å²) < 4.78 is 12.8. The smallest absolute Gasteiger partial charge is 0.261 e. The van der Waals surface area contributed by atoms with Crippen molar-refractivity contribution in [2.24, 2.45) is 0 Å². The minimum atomic E-state index is -0.408. The molecule has 0 aliphatic carbocycles. The number of hydrogen-bond donors (Lipinski definition) is 0. The van der Waals surface area contributed by atoms with Crippen LogP contribution < -0.4 is 9.47 Å².